The highest BCUT2D eigenvalue weighted by Crippen LogP contribution is 2.36. The molecule has 0 aliphatic rings. The number of hydrogen-bond acceptors (Lipinski definition) is 5. The quantitative estimate of drug-likeness (QED) is 0.356. The first-order chi connectivity index (χ1) is 14.7. The summed E-state index contributed by atoms with van der Waals surface area (Å²) in [6, 6.07) is 23.0. The lowest BCUT2D eigenvalue weighted by Crippen LogP contribution is -2.28. The first-order valence-electron chi connectivity index (χ1n) is 9.31. The van der Waals surface area contributed by atoms with Crippen LogP contribution >= 0.6 is 15.9 Å². The van der Waals surface area contributed by atoms with Crippen LogP contribution in [0.5, 0.6) is 11.5 Å². The molecule has 0 unspecified atom stereocenters. The van der Waals surface area contributed by atoms with Gasteiger partial charge in [0.15, 0.2) is 18.1 Å². The molecule has 0 radical (unpaired) electrons. The minimum absolute atomic E-state index is 0.120. The smallest absolute Gasteiger partial charge is 0.258 e. The summed E-state index contributed by atoms with van der Waals surface area (Å²) in [6.45, 7) is 0.329. The third-order valence-electron chi connectivity index (χ3n) is 4.11. The summed E-state index contributed by atoms with van der Waals surface area (Å²) in [5.74, 6) is 0.743. The fourth-order valence-electron chi connectivity index (χ4n) is 2.63. The molecule has 0 bridgehead atoms. The second kappa shape index (κ2) is 11.0. The predicted octanol–water partition coefficient (Wildman–Crippen LogP) is 4.60. The Kier molecular flexibility index (Phi) is 7.86. The Morgan fingerprint density at radius 1 is 1.07 bits per heavy atom. The van der Waals surface area contributed by atoms with Gasteiger partial charge in [-0.2, -0.15) is 5.10 Å². The molecule has 154 valence electrons. The average Bonchev–Trinajstić information content (AvgIpc) is 2.78. The number of ether oxygens (including phenoxy) is 2. The van der Waals surface area contributed by atoms with Crippen LogP contribution in [0.25, 0.3) is 0 Å². The lowest BCUT2D eigenvalue weighted by atomic mass is 10.2. The molecule has 0 aliphatic heterocycles. The summed E-state index contributed by atoms with van der Waals surface area (Å²) in [5, 5.41) is 7.06. The Labute approximate surface area is 184 Å². The zero-order valence-corrected chi connectivity index (χ0v) is 18.1. The normalized spacial score (nSPS) is 10.6. The van der Waals surface area contributed by atoms with Crippen LogP contribution < -0.4 is 20.2 Å². The number of carbonyl (C=O) groups is 1. The van der Waals surface area contributed by atoms with Gasteiger partial charge in [-0.3, -0.25) is 10.2 Å². The van der Waals surface area contributed by atoms with Crippen LogP contribution in [0.4, 0.5) is 5.69 Å². The molecule has 3 rings (SSSR count). The van der Waals surface area contributed by atoms with Gasteiger partial charge in [-0.1, -0.05) is 48.5 Å². The summed E-state index contributed by atoms with van der Waals surface area (Å²) < 4.78 is 11.8. The van der Waals surface area contributed by atoms with Gasteiger partial charge < -0.3 is 14.8 Å². The van der Waals surface area contributed by atoms with Gasteiger partial charge in [0.1, 0.15) is 0 Å². The van der Waals surface area contributed by atoms with Gasteiger partial charge in [-0.25, -0.2) is 0 Å². The third kappa shape index (κ3) is 6.35. The molecule has 0 aliphatic carbocycles. The SMILES string of the molecule is COc1cc(C=NNc2ccccc2)cc(Br)c1OCC(=O)NCc1ccccc1. The maximum Gasteiger partial charge on any atom is 0.258 e. The van der Waals surface area contributed by atoms with E-state index in [0.29, 0.717) is 22.5 Å². The zero-order chi connectivity index (χ0) is 21.2. The van der Waals surface area contributed by atoms with E-state index in [1.165, 1.54) is 0 Å². The number of hydrazone groups is 1. The Morgan fingerprint density at radius 3 is 2.47 bits per heavy atom. The molecule has 30 heavy (non-hydrogen) atoms. The number of anilines is 1. The highest BCUT2D eigenvalue weighted by Gasteiger charge is 2.13. The van der Waals surface area contributed by atoms with Gasteiger partial charge in [0, 0.05) is 6.54 Å². The lowest BCUT2D eigenvalue weighted by molar-refractivity contribution is -0.123. The summed E-state index contributed by atoms with van der Waals surface area (Å²) in [5.41, 5.74) is 5.69. The fourth-order valence-corrected chi connectivity index (χ4v) is 3.21. The second-order valence-corrected chi connectivity index (χ2v) is 7.18. The van der Waals surface area contributed by atoms with Gasteiger partial charge in [0.25, 0.3) is 5.91 Å². The summed E-state index contributed by atoms with van der Waals surface area (Å²) in [7, 11) is 1.55. The molecule has 0 fully saturated rings. The van der Waals surface area contributed by atoms with E-state index in [1.54, 1.807) is 19.4 Å². The molecule has 0 saturated carbocycles. The van der Waals surface area contributed by atoms with Crippen LogP contribution in [0.2, 0.25) is 0 Å². The minimum Gasteiger partial charge on any atom is -0.493 e. The van der Waals surface area contributed by atoms with Crippen LogP contribution in [-0.4, -0.2) is 25.8 Å². The van der Waals surface area contributed by atoms with E-state index in [0.717, 1.165) is 16.8 Å². The zero-order valence-electron chi connectivity index (χ0n) is 16.5. The largest absolute Gasteiger partial charge is 0.493 e. The second-order valence-electron chi connectivity index (χ2n) is 6.32. The van der Waals surface area contributed by atoms with Crippen LogP contribution in [0.1, 0.15) is 11.1 Å². The number of benzene rings is 3. The van der Waals surface area contributed by atoms with Crippen molar-refractivity contribution in [1.82, 2.24) is 5.32 Å². The molecule has 3 aromatic rings. The molecule has 0 spiro atoms. The number of hydrogen-bond donors (Lipinski definition) is 2. The van der Waals surface area contributed by atoms with E-state index >= 15 is 0 Å². The topological polar surface area (TPSA) is 71.9 Å². The number of amides is 1. The molecule has 3 aromatic carbocycles. The molecule has 0 aromatic heterocycles. The van der Waals surface area contributed by atoms with E-state index < -0.39 is 0 Å². The van der Waals surface area contributed by atoms with E-state index in [4.69, 9.17) is 9.47 Å². The molecule has 7 heteroatoms. The number of rotatable bonds is 9. The van der Waals surface area contributed by atoms with Crippen molar-refractivity contribution in [3.63, 3.8) is 0 Å². The molecule has 0 heterocycles. The van der Waals surface area contributed by atoms with Gasteiger partial charge in [0.05, 0.1) is 23.5 Å². The van der Waals surface area contributed by atoms with E-state index in [-0.39, 0.29) is 12.5 Å². The standard InChI is InChI=1S/C23H22BrN3O3/c1-29-21-13-18(15-26-27-19-10-6-3-7-11-19)12-20(24)23(21)30-16-22(28)25-14-17-8-4-2-5-9-17/h2-13,15,27H,14,16H2,1H3,(H,25,28). The van der Waals surface area contributed by atoms with Crippen molar-refractivity contribution >= 4 is 33.7 Å². The van der Waals surface area contributed by atoms with Crippen molar-refractivity contribution in [3.05, 3.63) is 88.4 Å². The molecule has 1 amide bonds. The predicted molar refractivity (Wildman–Crippen MR) is 122 cm³/mol. The molecular weight excluding hydrogens is 446 g/mol. The first kappa shape index (κ1) is 21.4. The first-order valence-corrected chi connectivity index (χ1v) is 10.1. The Bertz CT molecular complexity index is 995. The highest BCUT2D eigenvalue weighted by molar-refractivity contribution is 9.10. The van der Waals surface area contributed by atoms with Gasteiger partial charge in [0.2, 0.25) is 0 Å². The fraction of sp³-hybridized carbons (Fsp3) is 0.130. The molecule has 2 N–H and O–H groups in total. The number of methoxy groups -OCH3 is 1. The van der Waals surface area contributed by atoms with Gasteiger partial charge in [-0.05, 0) is 51.3 Å². The highest BCUT2D eigenvalue weighted by atomic mass is 79.9. The number of nitrogens with one attached hydrogen (secondary N) is 2. The van der Waals surface area contributed by atoms with Crippen molar-refractivity contribution in [2.45, 2.75) is 6.54 Å². The number of nitrogens with zero attached hydrogens (tertiary/aromatic N) is 1. The van der Waals surface area contributed by atoms with Crippen molar-refractivity contribution in [1.29, 1.82) is 0 Å². The maximum absolute atomic E-state index is 12.1. The average molecular weight is 468 g/mol. The maximum atomic E-state index is 12.1. The third-order valence-corrected chi connectivity index (χ3v) is 4.70. The van der Waals surface area contributed by atoms with Crippen molar-refractivity contribution in [2.24, 2.45) is 5.10 Å². The number of para-hydroxylation sites is 1. The molecule has 0 atom stereocenters. The number of carbonyl (C=O) groups excluding carboxylic acids is 1. The van der Waals surface area contributed by atoms with Crippen LogP contribution in [0.3, 0.4) is 0 Å². The molecule has 6 nitrogen and oxygen atoms in total. The van der Waals surface area contributed by atoms with Crippen molar-refractivity contribution < 1.29 is 14.3 Å². The Balaban J connectivity index is 1.58. The van der Waals surface area contributed by atoms with Crippen LogP contribution in [0, 0.1) is 0 Å². The van der Waals surface area contributed by atoms with Gasteiger partial charge >= 0.3 is 0 Å². The molecule has 0 saturated heterocycles. The monoisotopic (exact) mass is 467 g/mol. The van der Waals surface area contributed by atoms with Crippen molar-refractivity contribution in [2.75, 3.05) is 19.1 Å². The Hall–Kier alpha value is -3.32. The van der Waals surface area contributed by atoms with E-state index in [9.17, 15) is 4.79 Å². The Morgan fingerprint density at radius 2 is 1.77 bits per heavy atom. The summed E-state index contributed by atoms with van der Waals surface area (Å²) in [6.07, 6.45) is 1.68. The minimum atomic E-state index is -0.217. The summed E-state index contributed by atoms with van der Waals surface area (Å²) >= 11 is 3.48. The van der Waals surface area contributed by atoms with Crippen molar-refractivity contribution in [3.8, 4) is 11.5 Å². The van der Waals surface area contributed by atoms with Gasteiger partial charge in [-0.15, -0.1) is 0 Å². The lowest BCUT2D eigenvalue weighted by Gasteiger charge is -2.13. The van der Waals surface area contributed by atoms with E-state index in [1.807, 2.05) is 66.7 Å². The van der Waals surface area contributed by atoms with Crippen LogP contribution in [-0.2, 0) is 11.3 Å². The van der Waals surface area contributed by atoms with Crippen LogP contribution in [0.15, 0.2) is 82.4 Å². The summed E-state index contributed by atoms with van der Waals surface area (Å²) in [4.78, 5) is 12.1. The number of halogens is 1. The molecular formula is C23H22BrN3O3. The van der Waals surface area contributed by atoms with E-state index in [2.05, 4.69) is 31.8 Å².